The van der Waals surface area contributed by atoms with Crippen molar-refractivity contribution in [2.75, 3.05) is 23.5 Å². The van der Waals surface area contributed by atoms with Crippen molar-refractivity contribution < 1.29 is 13.2 Å². The molecule has 1 unspecified atom stereocenters. The average Bonchev–Trinajstić information content (AvgIpc) is 2.91. The quantitative estimate of drug-likeness (QED) is 0.571. The SMILES string of the molecule is CS(=O)(=O)CCSCC(NC1CC1)C(N)=O. The number of amides is 1. The molecule has 1 aliphatic rings. The monoisotopic (exact) mass is 266 g/mol. The molecule has 1 saturated carbocycles. The minimum Gasteiger partial charge on any atom is -0.368 e. The van der Waals surface area contributed by atoms with Gasteiger partial charge in [0.25, 0.3) is 0 Å². The van der Waals surface area contributed by atoms with E-state index < -0.39 is 9.84 Å². The van der Waals surface area contributed by atoms with Crippen LogP contribution in [0.5, 0.6) is 0 Å². The Hall–Kier alpha value is -0.270. The molecule has 0 spiro atoms. The van der Waals surface area contributed by atoms with Crippen LogP contribution >= 0.6 is 11.8 Å². The van der Waals surface area contributed by atoms with Crippen molar-refractivity contribution in [3.8, 4) is 0 Å². The summed E-state index contributed by atoms with van der Waals surface area (Å²) in [5, 5.41) is 3.14. The molecule has 0 aliphatic heterocycles. The summed E-state index contributed by atoms with van der Waals surface area (Å²) in [5.41, 5.74) is 5.25. The third-order valence-corrected chi connectivity index (χ3v) is 4.51. The molecule has 0 aromatic heterocycles. The molecular weight excluding hydrogens is 248 g/mol. The van der Waals surface area contributed by atoms with E-state index in [1.165, 1.54) is 18.0 Å². The van der Waals surface area contributed by atoms with Gasteiger partial charge in [-0.15, -0.1) is 0 Å². The van der Waals surface area contributed by atoms with E-state index in [0.29, 0.717) is 17.5 Å². The van der Waals surface area contributed by atoms with Crippen LogP contribution in [0.3, 0.4) is 0 Å². The summed E-state index contributed by atoms with van der Waals surface area (Å²) in [5.74, 6) is 0.835. The first-order valence-corrected chi connectivity index (χ1v) is 8.41. The third kappa shape index (κ3) is 6.34. The topological polar surface area (TPSA) is 89.3 Å². The maximum absolute atomic E-state index is 11.1. The molecular formula is C9H18N2O3S2. The summed E-state index contributed by atoms with van der Waals surface area (Å²) in [6.07, 6.45) is 3.40. The maximum Gasteiger partial charge on any atom is 0.235 e. The lowest BCUT2D eigenvalue weighted by molar-refractivity contribution is -0.119. The summed E-state index contributed by atoms with van der Waals surface area (Å²) in [7, 11) is -2.91. The number of carbonyl (C=O) groups is 1. The Bertz CT molecular complexity index is 339. The van der Waals surface area contributed by atoms with Gasteiger partial charge in [-0.05, 0) is 12.8 Å². The molecule has 1 atom stereocenters. The number of hydrogen-bond acceptors (Lipinski definition) is 5. The van der Waals surface area contributed by atoms with Crippen LogP contribution in [-0.2, 0) is 14.6 Å². The highest BCUT2D eigenvalue weighted by molar-refractivity contribution is 8.00. The van der Waals surface area contributed by atoms with Crippen molar-refractivity contribution >= 4 is 27.5 Å². The molecule has 0 radical (unpaired) electrons. The number of carbonyl (C=O) groups excluding carboxylic acids is 1. The third-order valence-electron chi connectivity index (χ3n) is 2.24. The average molecular weight is 266 g/mol. The van der Waals surface area contributed by atoms with Crippen LogP contribution in [0, 0.1) is 0 Å². The van der Waals surface area contributed by atoms with Crippen LogP contribution in [0.15, 0.2) is 0 Å². The summed E-state index contributed by atoms with van der Waals surface area (Å²) in [6.45, 7) is 0. The normalized spacial score (nSPS) is 18.3. The maximum atomic E-state index is 11.1. The molecule has 94 valence electrons. The van der Waals surface area contributed by atoms with Gasteiger partial charge < -0.3 is 11.1 Å². The number of nitrogens with two attached hydrogens (primary N) is 1. The zero-order chi connectivity index (χ0) is 12.2. The molecule has 1 rings (SSSR count). The summed E-state index contributed by atoms with van der Waals surface area (Å²) < 4.78 is 21.8. The lowest BCUT2D eigenvalue weighted by Gasteiger charge is -2.14. The molecule has 0 heterocycles. The highest BCUT2D eigenvalue weighted by Gasteiger charge is 2.26. The molecule has 1 amide bonds. The number of hydrogen-bond donors (Lipinski definition) is 2. The minimum atomic E-state index is -2.91. The van der Waals surface area contributed by atoms with E-state index in [1.54, 1.807) is 0 Å². The highest BCUT2D eigenvalue weighted by Crippen LogP contribution is 2.20. The van der Waals surface area contributed by atoms with Gasteiger partial charge in [-0.1, -0.05) is 0 Å². The number of sulfone groups is 1. The van der Waals surface area contributed by atoms with Crippen LogP contribution in [-0.4, -0.2) is 49.9 Å². The number of primary amides is 1. The molecule has 1 aliphatic carbocycles. The zero-order valence-corrected chi connectivity index (χ0v) is 10.9. The fraction of sp³-hybridized carbons (Fsp3) is 0.889. The van der Waals surface area contributed by atoms with Gasteiger partial charge in [0.2, 0.25) is 5.91 Å². The Kier molecular flexibility index (Phi) is 5.07. The van der Waals surface area contributed by atoms with Gasteiger partial charge in [-0.3, -0.25) is 4.79 Å². The van der Waals surface area contributed by atoms with Crippen molar-refractivity contribution in [2.24, 2.45) is 5.73 Å². The van der Waals surface area contributed by atoms with Crippen molar-refractivity contribution in [1.29, 1.82) is 0 Å². The number of nitrogens with one attached hydrogen (secondary N) is 1. The lowest BCUT2D eigenvalue weighted by Crippen LogP contribution is -2.44. The van der Waals surface area contributed by atoms with E-state index in [-0.39, 0.29) is 17.7 Å². The second-order valence-corrected chi connectivity index (χ2v) is 7.51. The molecule has 1 fully saturated rings. The van der Waals surface area contributed by atoms with Gasteiger partial charge in [0, 0.05) is 23.8 Å². The van der Waals surface area contributed by atoms with Gasteiger partial charge in [0.15, 0.2) is 0 Å². The standard InChI is InChI=1S/C9H18N2O3S2/c1-16(13,14)5-4-15-6-8(9(10)12)11-7-2-3-7/h7-8,11H,2-6H2,1H3,(H2,10,12). The Labute approximate surface area is 100 Å². The fourth-order valence-electron chi connectivity index (χ4n) is 1.16. The minimum absolute atomic E-state index is 0.145. The Balaban J connectivity index is 2.19. The van der Waals surface area contributed by atoms with Crippen LogP contribution < -0.4 is 11.1 Å². The van der Waals surface area contributed by atoms with Crippen molar-refractivity contribution in [2.45, 2.75) is 24.9 Å². The molecule has 7 heteroatoms. The highest BCUT2D eigenvalue weighted by atomic mass is 32.2. The van der Waals surface area contributed by atoms with Gasteiger partial charge in [-0.2, -0.15) is 11.8 Å². The van der Waals surface area contributed by atoms with Crippen LogP contribution in [0.25, 0.3) is 0 Å². The smallest absolute Gasteiger partial charge is 0.235 e. The van der Waals surface area contributed by atoms with E-state index in [0.717, 1.165) is 12.8 Å². The second-order valence-electron chi connectivity index (χ2n) is 4.10. The summed E-state index contributed by atoms with van der Waals surface area (Å²) in [6, 6.07) is 0.0880. The van der Waals surface area contributed by atoms with Crippen LogP contribution in [0.4, 0.5) is 0 Å². The Morgan fingerprint density at radius 1 is 1.56 bits per heavy atom. The Morgan fingerprint density at radius 3 is 2.62 bits per heavy atom. The lowest BCUT2D eigenvalue weighted by atomic mass is 10.3. The number of rotatable bonds is 8. The molecule has 0 saturated heterocycles. The summed E-state index contributed by atoms with van der Waals surface area (Å²) >= 11 is 1.44. The first kappa shape index (κ1) is 13.8. The molecule has 3 N–H and O–H groups in total. The Morgan fingerprint density at radius 2 is 2.19 bits per heavy atom. The zero-order valence-electron chi connectivity index (χ0n) is 9.31. The fourth-order valence-corrected chi connectivity index (χ4v) is 3.50. The van der Waals surface area contributed by atoms with E-state index in [4.69, 9.17) is 5.73 Å². The van der Waals surface area contributed by atoms with Crippen molar-refractivity contribution in [1.82, 2.24) is 5.32 Å². The first-order valence-electron chi connectivity index (χ1n) is 5.19. The van der Waals surface area contributed by atoms with Gasteiger partial charge in [0.1, 0.15) is 9.84 Å². The van der Waals surface area contributed by atoms with Gasteiger partial charge in [0.05, 0.1) is 11.8 Å². The van der Waals surface area contributed by atoms with Gasteiger partial charge >= 0.3 is 0 Å². The van der Waals surface area contributed by atoms with E-state index in [1.807, 2.05) is 0 Å². The largest absolute Gasteiger partial charge is 0.368 e. The van der Waals surface area contributed by atoms with Crippen LogP contribution in [0.2, 0.25) is 0 Å². The molecule has 0 aromatic rings. The summed E-state index contributed by atoms with van der Waals surface area (Å²) in [4.78, 5) is 11.1. The first-order chi connectivity index (χ1) is 7.38. The molecule has 5 nitrogen and oxygen atoms in total. The molecule has 16 heavy (non-hydrogen) atoms. The number of thioether (sulfide) groups is 1. The predicted molar refractivity (Wildman–Crippen MR) is 66.2 cm³/mol. The molecule has 0 bridgehead atoms. The van der Waals surface area contributed by atoms with Crippen LogP contribution in [0.1, 0.15) is 12.8 Å². The van der Waals surface area contributed by atoms with Gasteiger partial charge in [-0.25, -0.2) is 8.42 Å². The van der Waals surface area contributed by atoms with E-state index in [2.05, 4.69) is 5.32 Å². The van der Waals surface area contributed by atoms with E-state index in [9.17, 15) is 13.2 Å². The van der Waals surface area contributed by atoms with Crippen molar-refractivity contribution in [3.05, 3.63) is 0 Å². The molecule has 0 aromatic carbocycles. The van der Waals surface area contributed by atoms with Crippen molar-refractivity contribution in [3.63, 3.8) is 0 Å². The van der Waals surface area contributed by atoms with E-state index >= 15 is 0 Å². The second kappa shape index (κ2) is 5.88. The predicted octanol–water partition coefficient (Wildman–Crippen LogP) is -0.630.